The molecule has 78 valence electrons. The van der Waals surface area contributed by atoms with Crippen LogP contribution >= 0.6 is 11.6 Å². The molecule has 1 rings (SSSR count). The van der Waals surface area contributed by atoms with Gasteiger partial charge in [0.05, 0.1) is 0 Å². The first-order valence-corrected chi connectivity index (χ1v) is 4.87. The summed E-state index contributed by atoms with van der Waals surface area (Å²) >= 11 is 5.92. The predicted molar refractivity (Wildman–Crippen MR) is 58.2 cm³/mol. The van der Waals surface area contributed by atoms with Crippen LogP contribution in [0.25, 0.3) is 0 Å². The first kappa shape index (κ1) is 11.5. The molecular weight excluding hydrogens is 201 g/mol. The van der Waals surface area contributed by atoms with E-state index in [0.717, 1.165) is 0 Å². The van der Waals surface area contributed by atoms with E-state index in [1.165, 1.54) is 6.92 Å². The second kappa shape index (κ2) is 3.52. The maximum Gasteiger partial charge on any atom is 0.151 e. The fourth-order valence-electron chi connectivity index (χ4n) is 1.19. The monoisotopic (exact) mass is 215 g/mol. The van der Waals surface area contributed by atoms with Crippen LogP contribution in [0.5, 0.6) is 0 Å². The Kier molecular flexibility index (Phi) is 2.88. The topological polar surface area (TPSA) is 26.0 Å². The van der Waals surface area contributed by atoms with Gasteiger partial charge < -0.3 is 5.73 Å². The summed E-state index contributed by atoms with van der Waals surface area (Å²) in [5, 5.41) is 0.413. The van der Waals surface area contributed by atoms with Gasteiger partial charge in [0, 0.05) is 16.1 Å². The highest BCUT2D eigenvalue weighted by Gasteiger charge is 2.41. The Hall–Kier alpha value is -0.600. The minimum atomic E-state index is -1.63. The van der Waals surface area contributed by atoms with Crippen molar-refractivity contribution in [1.82, 2.24) is 0 Å². The van der Waals surface area contributed by atoms with Crippen LogP contribution in [0.3, 0.4) is 0 Å². The molecule has 0 spiro atoms. The van der Waals surface area contributed by atoms with Crippen LogP contribution in [-0.2, 0) is 5.67 Å². The third-order valence-corrected chi connectivity index (χ3v) is 2.92. The van der Waals surface area contributed by atoms with Crippen LogP contribution in [0.1, 0.15) is 26.3 Å². The molecule has 1 unspecified atom stereocenters. The van der Waals surface area contributed by atoms with Crippen molar-refractivity contribution in [3.8, 4) is 0 Å². The molecule has 0 saturated carbocycles. The first-order chi connectivity index (χ1) is 6.27. The average molecular weight is 216 g/mol. The van der Waals surface area contributed by atoms with Crippen LogP contribution in [0, 0.1) is 0 Å². The van der Waals surface area contributed by atoms with Gasteiger partial charge in [0.25, 0.3) is 0 Å². The van der Waals surface area contributed by atoms with Gasteiger partial charge in [0.2, 0.25) is 0 Å². The van der Waals surface area contributed by atoms with Crippen molar-refractivity contribution in [2.45, 2.75) is 32.0 Å². The highest BCUT2D eigenvalue weighted by atomic mass is 35.5. The summed E-state index contributed by atoms with van der Waals surface area (Å²) in [5.41, 5.74) is 3.63. The third kappa shape index (κ3) is 1.91. The lowest BCUT2D eigenvalue weighted by Gasteiger charge is -2.35. The molecule has 1 nitrogen and oxygen atoms in total. The van der Waals surface area contributed by atoms with Gasteiger partial charge in [0.1, 0.15) is 0 Å². The van der Waals surface area contributed by atoms with Crippen molar-refractivity contribution in [3.05, 3.63) is 34.9 Å². The minimum Gasteiger partial charge on any atom is -0.323 e. The second-order valence-electron chi connectivity index (χ2n) is 4.20. The van der Waals surface area contributed by atoms with Gasteiger partial charge in [0.15, 0.2) is 5.67 Å². The van der Waals surface area contributed by atoms with E-state index in [2.05, 4.69) is 0 Å². The van der Waals surface area contributed by atoms with Crippen molar-refractivity contribution in [2.24, 2.45) is 5.73 Å². The number of alkyl halides is 1. The smallest absolute Gasteiger partial charge is 0.151 e. The Morgan fingerprint density at radius 1 is 1.21 bits per heavy atom. The molecule has 0 aliphatic rings. The maximum absolute atomic E-state index is 14.4. The highest BCUT2D eigenvalue weighted by molar-refractivity contribution is 6.31. The third-order valence-electron chi connectivity index (χ3n) is 2.59. The van der Waals surface area contributed by atoms with Gasteiger partial charge >= 0.3 is 0 Å². The standard InChI is InChI=1S/C11H15ClFN/c1-10(2,14)11(3,13)8-6-4-5-7-9(8)12/h4-7H,14H2,1-3H3. The van der Waals surface area contributed by atoms with Gasteiger partial charge in [-0.2, -0.15) is 0 Å². The fraction of sp³-hybridized carbons (Fsp3) is 0.455. The molecule has 0 amide bonds. The normalized spacial score (nSPS) is 16.4. The van der Waals surface area contributed by atoms with Crippen LogP contribution < -0.4 is 5.73 Å². The summed E-state index contributed by atoms with van der Waals surface area (Å²) in [6.07, 6.45) is 0. The van der Waals surface area contributed by atoms with Crippen LogP contribution in [0.15, 0.2) is 24.3 Å². The molecule has 0 bridgehead atoms. The summed E-state index contributed by atoms with van der Waals surface area (Å²) < 4.78 is 14.4. The Balaban J connectivity index is 3.23. The average Bonchev–Trinajstić information content (AvgIpc) is 2.02. The molecule has 0 radical (unpaired) electrons. The van der Waals surface area contributed by atoms with Gasteiger partial charge in [-0.05, 0) is 26.8 Å². The quantitative estimate of drug-likeness (QED) is 0.805. The van der Waals surface area contributed by atoms with Gasteiger partial charge in [-0.25, -0.2) is 4.39 Å². The molecule has 3 heteroatoms. The number of hydrogen-bond donors (Lipinski definition) is 1. The van der Waals surface area contributed by atoms with E-state index in [0.29, 0.717) is 10.6 Å². The van der Waals surface area contributed by atoms with E-state index in [1.807, 2.05) is 0 Å². The molecule has 2 N–H and O–H groups in total. The van der Waals surface area contributed by atoms with Gasteiger partial charge in [-0.3, -0.25) is 0 Å². The van der Waals surface area contributed by atoms with Crippen LogP contribution in [-0.4, -0.2) is 5.54 Å². The van der Waals surface area contributed by atoms with Gasteiger partial charge in [-0.15, -0.1) is 0 Å². The molecule has 0 aliphatic carbocycles. The van der Waals surface area contributed by atoms with Crippen molar-refractivity contribution < 1.29 is 4.39 Å². The van der Waals surface area contributed by atoms with E-state index >= 15 is 0 Å². The van der Waals surface area contributed by atoms with E-state index in [4.69, 9.17) is 17.3 Å². The molecule has 14 heavy (non-hydrogen) atoms. The summed E-state index contributed by atoms with van der Waals surface area (Å²) in [4.78, 5) is 0. The Morgan fingerprint density at radius 3 is 2.14 bits per heavy atom. The lowest BCUT2D eigenvalue weighted by atomic mass is 9.81. The number of halogens is 2. The molecule has 1 aromatic carbocycles. The maximum atomic E-state index is 14.4. The van der Waals surface area contributed by atoms with Crippen molar-refractivity contribution >= 4 is 11.6 Å². The second-order valence-corrected chi connectivity index (χ2v) is 4.61. The van der Waals surface area contributed by atoms with E-state index in [1.54, 1.807) is 38.1 Å². The molecular formula is C11H15ClFN. The SMILES string of the molecule is CC(C)(N)C(C)(F)c1ccccc1Cl. The Bertz CT molecular complexity index is 328. The molecule has 0 aliphatic heterocycles. The molecule has 1 atom stereocenters. The number of benzene rings is 1. The van der Waals surface area contributed by atoms with Crippen molar-refractivity contribution in [3.63, 3.8) is 0 Å². The van der Waals surface area contributed by atoms with E-state index in [-0.39, 0.29) is 0 Å². The largest absolute Gasteiger partial charge is 0.323 e. The predicted octanol–water partition coefficient (Wildman–Crippen LogP) is 3.26. The lowest BCUT2D eigenvalue weighted by molar-refractivity contribution is 0.0956. The first-order valence-electron chi connectivity index (χ1n) is 4.49. The van der Waals surface area contributed by atoms with Crippen LogP contribution in [0.2, 0.25) is 5.02 Å². The summed E-state index contributed by atoms with van der Waals surface area (Å²) in [7, 11) is 0. The highest BCUT2D eigenvalue weighted by Crippen LogP contribution is 2.38. The molecule has 0 aromatic heterocycles. The minimum absolute atomic E-state index is 0.413. The summed E-state index contributed by atoms with van der Waals surface area (Å²) in [5.74, 6) is 0. The zero-order chi connectivity index (χ0) is 11.0. The Labute approximate surface area is 89.1 Å². The van der Waals surface area contributed by atoms with Crippen LogP contribution in [0.4, 0.5) is 4.39 Å². The Morgan fingerprint density at radius 2 is 1.71 bits per heavy atom. The summed E-state index contributed by atoms with van der Waals surface area (Å²) in [6.45, 7) is 4.75. The van der Waals surface area contributed by atoms with E-state index < -0.39 is 11.2 Å². The lowest BCUT2D eigenvalue weighted by Crippen LogP contribution is -2.49. The summed E-state index contributed by atoms with van der Waals surface area (Å²) in [6, 6.07) is 6.85. The molecule has 0 heterocycles. The van der Waals surface area contributed by atoms with Crippen molar-refractivity contribution in [1.29, 1.82) is 0 Å². The number of nitrogens with two attached hydrogens (primary N) is 1. The van der Waals surface area contributed by atoms with Gasteiger partial charge in [-0.1, -0.05) is 29.8 Å². The number of rotatable bonds is 2. The molecule has 0 fully saturated rings. The molecule has 1 aromatic rings. The fourth-order valence-corrected chi connectivity index (χ4v) is 1.50. The van der Waals surface area contributed by atoms with Crippen molar-refractivity contribution in [2.75, 3.05) is 0 Å². The molecule has 0 saturated heterocycles. The number of hydrogen-bond acceptors (Lipinski definition) is 1. The zero-order valence-electron chi connectivity index (χ0n) is 8.64. The van der Waals surface area contributed by atoms with E-state index in [9.17, 15) is 4.39 Å². The zero-order valence-corrected chi connectivity index (χ0v) is 9.40.